The molecule has 1 aliphatic rings. The third-order valence-electron chi connectivity index (χ3n) is 3.67. The summed E-state index contributed by atoms with van der Waals surface area (Å²) < 4.78 is 31.8. The van der Waals surface area contributed by atoms with Crippen molar-refractivity contribution in [1.29, 1.82) is 0 Å². The zero-order valence-electron chi connectivity index (χ0n) is 12.2. The van der Waals surface area contributed by atoms with Gasteiger partial charge < -0.3 is 4.74 Å². The van der Waals surface area contributed by atoms with Crippen LogP contribution >= 0.6 is 0 Å². The number of fused-ring (bicyclic) bond motifs is 1. The highest BCUT2D eigenvalue weighted by Crippen LogP contribution is 2.35. The third-order valence-corrected chi connectivity index (χ3v) is 5.44. The summed E-state index contributed by atoms with van der Waals surface area (Å²) in [5, 5.41) is 0. The minimum absolute atomic E-state index is 0.168. The fourth-order valence-electron chi connectivity index (χ4n) is 2.43. The smallest absolute Gasteiger partial charge is 0.264 e. The molecule has 2 aromatic rings. The third kappa shape index (κ3) is 2.25. The number of rotatable bonds is 3. The average molecular weight is 317 g/mol. The minimum Gasteiger partial charge on any atom is -0.497 e. The van der Waals surface area contributed by atoms with E-state index >= 15 is 0 Å². The summed E-state index contributed by atoms with van der Waals surface area (Å²) in [5.41, 5.74) is 1.74. The standard InChI is InChI=1S/C16H15NO4S/c1-11-3-6-13(7-4-11)22(19,20)17-10-16(18)14-8-5-12(21-2)9-15(14)17/h3-9H,10H2,1-2H3. The predicted molar refractivity (Wildman–Crippen MR) is 83.0 cm³/mol. The maximum atomic E-state index is 12.8. The van der Waals surface area contributed by atoms with Crippen LogP contribution in [0.15, 0.2) is 47.4 Å². The van der Waals surface area contributed by atoms with Gasteiger partial charge >= 0.3 is 0 Å². The number of hydrogen-bond donors (Lipinski definition) is 0. The van der Waals surface area contributed by atoms with Gasteiger partial charge in [-0.05, 0) is 31.2 Å². The van der Waals surface area contributed by atoms with Crippen LogP contribution in [0.5, 0.6) is 5.75 Å². The largest absolute Gasteiger partial charge is 0.497 e. The van der Waals surface area contributed by atoms with Crippen molar-refractivity contribution in [2.75, 3.05) is 18.0 Å². The van der Waals surface area contributed by atoms with Crippen LogP contribution < -0.4 is 9.04 Å². The molecule has 0 bridgehead atoms. The highest BCUT2D eigenvalue weighted by Gasteiger charge is 2.35. The number of hydrogen-bond acceptors (Lipinski definition) is 4. The SMILES string of the molecule is COc1ccc2c(c1)N(S(=O)(=O)c1ccc(C)cc1)CC2=O. The fourth-order valence-corrected chi connectivity index (χ4v) is 3.86. The van der Waals surface area contributed by atoms with Gasteiger partial charge in [0.05, 0.1) is 24.2 Å². The second kappa shape index (κ2) is 5.14. The summed E-state index contributed by atoms with van der Waals surface area (Å²) in [6, 6.07) is 11.4. The molecule has 0 aromatic heterocycles. The summed E-state index contributed by atoms with van der Waals surface area (Å²) in [4.78, 5) is 12.2. The highest BCUT2D eigenvalue weighted by molar-refractivity contribution is 7.93. The van der Waals surface area contributed by atoms with Gasteiger partial charge in [-0.2, -0.15) is 0 Å². The molecule has 2 aromatic carbocycles. The van der Waals surface area contributed by atoms with Crippen molar-refractivity contribution in [3.8, 4) is 5.75 Å². The Bertz CT molecular complexity index is 841. The number of sulfonamides is 1. The van der Waals surface area contributed by atoms with Crippen LogP contribution in [0.2, 0.25) is 0 Å². The van der Waals surface area contributed by atoms with Gasteiger partial charge in [-0.3, -0.25) is 9.10 Å². The average Bonchev–Trinajstić information content (AvgIpc) is 2.85. The van der Waals surface area contributed by atoms with Gasteiger partial charge in [-0.15, -0.1) is 0 Å². The number of methoxy groups -OCH3 is 1. The number of ether oxygens (including phenoxy) is 1. The topological polar surface area (TPSA) is 63.7 Å². The van der Waals surface area contributed by atoms with Gasteiger partial charge in [-0.1, -0.05) is 17.7 Å². The summed E-state index contributed by atoms with van der Waals surface area (Å²) in [6.45, 7) is 1.70. The number of anilines is 1. The molecule has 6 heteroatoms. The van der Waals surface area contributed by atoms with Gasteiger partial charge in [-0.25, -0.2) is 8.42 Å². The molecule has 0 fully saturated rings. The maximum absolute atomic E-state index is 12.8. The first kappa shape index (κ1) is 14.6. The molecule has 0 atom stereocenters. The van der Waals surface area contributed by atoms with Gasteiger partial charge in [0.15, 0.2) is 5.78 Å². The molecule has 0 saturated heterocycles. The van der Waals surface area contributed by atoms with E-state index < -0.39 is 10.0 Å². The lowest BCUT2D eigenvalue weighted by Gasteiger charge is -2.19. The van der Waals surface area contributed by atoms with Gasteiger partial charge in [0.1, 0.15) is 5.75 Å². The van der Waals surface area contributed by atoms with Crippen LogP contribution in [0, 0.1) is 6.92 Å². The molecule has 0 radical (unpaired) electrons. The van der Waals surface area contributed by atoms with E-state index in [4.69, 9.17) is 4.74 Å². The van der Waals surface area contributed by atoms with Crippen LogP contribution in [-0.2, 0) is 10.0 Å². The minimum atomic E-state index is -3.77. The molecular weight excluding hydrogens is 302 g/mol. The Morgan fingerprint density at radius 2 is 1.77 bits per heavy atom. The Morgan fingerprint density at radius 3 is 2.41 bits per heavy atom. The van der Waals surface area contributed by atoms with Crippen LogP contribution in [0.1, 0.15) is 15.9 Å². The predicted octanol–water partition coefficient (Wildman–Crippen LogP) is 2.40. The number of aryl methyl sites for hydroxylation is 1. The molecule has 1 aliphatic heterocycles. The van der Waals surface area contributed by atoms with Crippen LogP contribution in [0.3, 0.4) is 0 Å². The van der Waals surface area contributed by atoms with Crippen molar-refractivity contribution in [3.63, 3.8) is 0 Å². The van der Waals surface area contributed by atoms with E-state index in [-0.39, 0.29) is 17.2 Å². The summed E-state index contributed by atoms with van der Waals surface area (Å²) in [7, 11) is -2.27. The Balaban J connectivity index is 2.10. The Hall–Kier alpha value is -2.34. The van der Waals surface area contributed by atoms with Crippen LogP contribution in [0.4, 0.5) is 5.69 Å². The number of carbonyl (C=O) groups is 1. The zero-order valence-corrected chi connectivity index (χ0v) is 13.1. The van der Waals surface area contributed by atoms with Crippen molar-refractivity contribution in [2.24, 2.45) is 0 Å². The van der Waals surface area contributed by atoms with Crippen molar-refractivity contribution < 1.29 is 17.9 Å². The van der Waals surface area contributed by atoms with E-state index in [0.29, 0.717) is 17.0 Å². The Morgan fingerprint density at radius 1 is 1.09 bits per heavy atom. The monoisotopic (exact) mass is 317 g/mol. The lowest BCUT2D eigenvalue weighted by molar-refractivity contribution is 0.101. The van der Waals surface area contributed by atoms with Gasteiger partial charge in [0, 0.05) is 11.6 Å². The molecular formula is C16H15NO4S. The molecule has 5 nitrogen and oxygen atoms in total. The van der Waals surface area contributed by atoms with E-state index in [2.05, 4.69) is 0 Å². The van der Waals surface area contributed by atoms with E-state index in [0.717, 1.165) is 9.87 Å². The number of carbonyl (C=O) groups excluding carboxylic acids is 1. The van der Waals surface area contributed by atoms with Crippen LogP contribution in [0.25, 0.3) is 0 Å². The molecule has 114 valence electrons. The summed E-state index contributed by atoms with van der Waals surface area (Å²) >= 11 is 0. The Labute approximate surface area is 129 Å². The molecule has 3 rings (SSSR count). The first-order valence-electron chi connectivity index (χ1n) is 6.74. The van der Waals surface area contributed by atoms with Crippen molar-refractivity contribution in [2.45, 2.75) is 11.8 Å². The number of benzene rings is 2. The fraction of sp³-hybridized carbons (Fsp3) is 0.188. The van der Waals surface area contributed by atoms with Crippen molar-refractivity contribution in [1.82, 2.24) is 0 Å². The molecule has 0 spiro atoms. The number of ketones is 1. The summed E-state index contributed by atoms with van der Waals surface area (Å²) in [5.74, 6) is 0.297. The van der Waals surface area contributed by atoms with E-state index in [1.807, 2.05) is 6.92 Å². The molecule has 0 aliphatic carbocycles. The van der Waals surface area contributed by atoms with E-state index in [1.165, 1.54) is 7.11 Å². The molecule has 22 heavy (non-hydrogen) atoms. The molecule has 0 amide bonds. The lowest BCUT2D eigenvalue weighted by Crippen LogP contribution is -2.30. The van der Waals surface area contributed by atoms with Gasteiger partial charge in [0.2, 0.25) is 0 Å². The lowest BCUT2D eigenvalue weighted by atomic mass is 10.1. The number of nitrogens with zero attached hydrogens (tertiary/aromatic N) is 1. The molecule has 0 unspecified atom stereocenters. The zero-order chi connectivity index (χ0) is 15.9. The highest BCUT2D eigenvalue weighted by atomic mass is 32.2. The first-order chi connectivity index (χ1) is 10.4. The molecule has 1 heterocycles. The second-order valence-corrected chi connectivity index (χ2v) is 6.99. The van der Waals surface area contributed by atoms with Crippen molar-refractivity contribution in [3.05, 3.63) is 53.6 Å². The van der Waals surface area contributed by atoms with Gasteiger partial charge in [0.25, 0.3) is 10.0 Å². The second-order valence-electron chi connectivity index (χ2n) is 5.13. The summed E-state index contributed by atoms with van der Waals surface area (Å²) in [6.07, 6.45) is 0. The molecule has 0 saturated carbocycles. The van der Waals surface area contributed by atoms with Crippen LogP contribution in [-0.4, -0.2) is 27.9 Å². The Kier molecular flexibility index (Phi) is 3.41. The molecule has 0 N–H and O–H groups in total. The van der Waals surface area contributed by atoms with E-state index in [9.17, 15) is 13.2 Å². The number of Topliss-reactive ketones (excluding diaryl/α,β-unsaturated/α-hetero) is 1. The van der Waals surface area contributed by atoms with E-state index in [1.54, 1.807) is 42.5 Å². The van der Waals surface area contributed by atoms with Crippen molar-refractivity contribution >= 4 is 21.5 Å². The first-order valence-corrected chi connectivity index (χ1v) is 8.18. The normalized spacial score (nSPS) is 14.1. The quantitative estimate of drug-likeness (QED) is 0.872. The maximum Gasteiger partial charge on any atom is 0.264 e.